The van der Waals surface area contributed by atoms with Crippen molar-refractivity contribution in [3.05, 3.63) is 35.5 Å². The van der Waals surface area contributed by atoms with Crippen LogP contribution in [0.5, 0.6) is 0 Å². The Balaban J connectivity index is 2.16. The second-order valence-corrected chi connectivity index (χ2v) is 4.52. The summed E-state index contributed by atoms with van der Waals surface area (Å²) < 4.78 is 0. The zero-order valence-electron chi connectivity index (χ0n) is 8.54. The lowest BCUT2D eigenvalue weighted by molar-refractivity contribution is 0.0702. The lowest BCUT2D eigenvalue weighted by Gasteiger charge is -1.95. The van der Waals surface area contributed by atoms with E-state index < -0.39 is 5.97 Å². The zero-order chi connectivity index (χ0) is 11.8. The quantitative estimate of drug-likeness (QED) is 0.726. The third kappa shape index (κ3) is 1.68. The molecule has 0 saturated carbocycles. The molecule has 0 atom stereocenters. The molecule has 0 aliphatic heterocycles. The minimum Gasteiger partial charge on any atom is -0.477 e. The Kier molecular flexibility index (Phi) is 2.15. The number of nitrogens with one attached hydrogen (secondary N) is 1. The maximum atomic E-state index is 10.9. The molecular formula is C11H7N3O2S. The Hall–Kier alpha value is -2.21. The first-order valence-corrected chi connectivity index (χ1v) is 5.69. The first-order chi connectivity index (χ1) is 8.24. The van der Waals surface area contributed by atoms with Crippen molar-refractivity contribution in [3.63, 3.8) is 0 Å². The molecule has 0 spiro atoms. The minimum atomic E-state index is -0.919. The molecule has 0 aliphatic carbocycles. The number of aromatic nitrogens is 3. The van der Waals surface area contributed by atoms with E-state index in [0.717, 1.165) is 21.5 Å². The average molecular weight is 245 g/mol. The van der Waals surface area contributed by atoms with Gasteiger partial charge in [-0.2, -0.15) is 5.10 Å². The van der Waals surface area contributed by atoms with E-state index in [4.69, 9.17) is 5.11 Å². The molecule has 3 rings (SSSR count). The highest BCUT2D eigenvalue weighted by molar-refractivity contribution is 7.20. The zero-order valence-corrected chi connectivity index (χ0v) is 9.36. The molecule has 0 saturated heterocycles. The number of carbonyl (C=O) groups is 1. The molecule has 2 N–H and O–H groups in total. The van der Waals surface area contributed by atoms with Crippen molar-refractivity contribution in [2.45, 2.75) is 0 Å². The molecule has 3 aromatic heterocycles. The number of nitrogens with zero attached hydrogens (tertiary/aromatic N) is 2. The Morgan fingerprint density at radius 3 is 3.00 bits per heavy atom. The van der Waals surface area contributed by atoms with Crippen molar-refractivity contribution in [3.8, 4) is 11.3 Å². The van der Waals surface area contributed by atoms with Crippen LogP contribution in [0.4, 0.5) is 0 Å². The lowest BCUT2D eigenvalue weighted by atomic mass is 10.2. The van der Waals surface area contributed by atoms with Gasteiger partial charge >= 0.3 is 5.97 Å². The summed E-state index contributed by atoms with van der Waals surface area (Å²) >= 11 is 1.18. The molecule has 0 aromatic carbocycles. The van der Waals surface area contributed by atoms with Gasteiger partial charge < -0.3 is 5.11 Å². The smallest absolute Gasteiger partial charge is 0.345 e. The van der Waals surface area contributed by atoms with Gasteiger partial charge in [-0.1, -0.05) is 0 Å². The number of rotatable bonds is 2. The second kappa shape index (κ2) is 3.67. The second-order valence-electron chi connectivity index (χ2n) is 3.49. The molecule has 0 fully saturated rings. The summed E-state index contributed by atoms with van der Waals surface area (Å²) in [6.07, 6.45) is 3.43. The number of thiophene rings is 1. The van der Waals surface area contributed by atoms with Crippen LogP contribution in [0.2, 0.25) is 0 Å². The summed E-state index contributed by atoms with van der Waals surface area (Å²) in [5, 5.41) is 16.3. The fourth-order valence-electron chi connectivity index (χ4n) is 1.57. The summed E-state index contributed by atoms with van der Waals surface area (Å²) in [5.41, 5.74) is 1.67. The van der Waals surface area contributed by atoms with Crippen molar-refractivity contribution in [1.82, 2.24) is 15.2 Å². The third-order valence-electron chi connectivity index (χ3n) is 2.39. The number of carboxylic acids is 1. The number of fused-ring (bicyclic) bond motifs is 1. The van der Waals surface area contributed by atoms with E-state index in [1.165, 1.54) is 11.3 Å². The first-order valence-electron chi connectivity index (χ1n) is 4.87. The van der Waals surface area contributed by atoms with Gasteiger partial charge in [0.2, 0.25) is 0 Å². The van der Waals surface area contributed by atoms with Crippen LogP contribution in [0.3, 0.4) is 0 Å². The molecule has 0 aliphatic rings. The predicted octanol–water partition coefficient (Wildman–Crippen LogP) is 2.38. The van der Waals surface area contributed by atoms with Gasteiger partial charge in [-0.15, -0.1) is 11.3 Å². The van der Waals surface area contributed by atoms with Crippen LogP contribution in [0, 0.1) is 0 Å². The number of aromatic carboxylic acids is 1. The molecule has 0 radical (unpaired) electrons. The fourth-order valence-corrected chi connectivity index (χ4v) is 2.45. The SMILES string of the molecule is O=C(O)c1cc2ccc(-c3cn[nH]c3)nc2s1. The number of hydrogen-bond donors (Lipinski definition) is 2. The fraction of sp³-hybridized carbons (Fsp3) is 0. The van der Waals surface area contributed by atoms with Gasteiger partial charge in [0.1, 0.15) is 9.71 Å². The van der Waals surface area contributed by atoms with E-state index in [1.807, 2.05) is 12.1 Å². The third-order valence-corrected chi connectivity index (χ3v) is 3.42. The molecule has 3 aromatic rings. The molecule has 17 heavy (non-hydrogen) atoms. The molecule has 3 heterocycles. The lowest BCUT2D eigenvalue weighted by Crippen LogP contribution is -1.89. The number of carboxylic acid groups (broad SMARTS) is 1. The van der Waals surface area contributed by atoms with Crippen LogP contribution >= 0.6 is 11.3 Å². The molecule has 84 valence electrons. The van der Waals surface area contributed by atoms with E-state index in [-0.39, 0.29) is 0 Å². The van der Waals surface area contributed by atoms with Gasteiger partial charge in [-0.25, -0.2) is 9.78 Å². The van der Waals surface area contributed by atoms with Crippen molar-refractivity contribution >= 4 is 27.5 Å². The van der Waals surface area contributed by atoms with Crippen molar-refractivity contribution < 1.29 is 9.90 Å². The van der Waals surface area contributed by atoms with Gasteiger partial charge in [-0.3, -0.25) is 5.10 Å². The van der Waals surface area contributed by atoms with Gasteiger partial charge in [0.15, 0.2) is 0 Å². The van der Waals surface area contributed by atoms with Crippen LogP contribution < -0.4 is 0 Å². The van der Waals surface area contributed by atoms with Gasteiger partial charge in [0, 0.05) is 17.1 Å². The number of aromatic amines is 1. The van der Waals surface area contributed by atoms with Crippen LogP contribution in [0.15, 0.2) is 30.6 Å². The summed E-state index contributed by atoms with van der Waals surface area (Å²) in [6, 6.07) is 5.35. The molecule has 0 amide bonds. The highest BCUT2D eigenvalue weighted by Crippen LogP contribution is 2.26. The van der Waals surface area contributed by atoms with Crippen LogP contribution in [0.25, 0.3) is 21.5 Å². The van der Waals surface area contributed by atoms with Gasteiger partial charge in [0.05, 0.1) is 11.9 Å². The Morgan fingerprint density at radius 1 is 1.41 bits per heavy atom. The van der Waals surface area contributed by atoms with E-state index in [9.17, 15) is 4.79 Å². The largest absolute Gasteiger partial charge is 0.477 e. The average Bonchev–Trinajstić information content (AvgIpc) is 2.97. The number of pyridine rings is 1. The van der Waals surface area contributed by atoms with Crippen LogP contribution in [-0.2, 0) is 0 Å². The topological polar surface area (TPSA) is 78.9 Å². The summed E-state index contributed by atoms with van der Waals surface area (Å²) in [7, 11) is 0. The molecule has 0 unspecified atom stereocenters. The molecule has 0 bridgehead atoms. The molecular weight excluding hydrogens is 238 g/mol. The van der Waals surface area contributed by atoms with Crippen molar-refractivity contribution in [1.29, 1.82) is 0 Å². The van der Waals surface area contributed by atoms with E-state index in [2.05, 4.69) is 15.2 Å². The number of hydrogen-bond acceptors (Lipinski definition) is 4. The van der Waals surface area contributed by atoms with E-state index in [1.54, 1.807) is 18.5 Å². The van der Waals surface area contributed by atoms with E-state index >= 15 is 0 Å². The highest BCUT2D eigenvalue weighted by atomic mass is 32.1. The molecule has 5 nitrogen and oxygen atoms in total. The maximum Gasteiger partial charge on any atom is 0.345 e. The Morgan fingerprint density at radius 2 is 2.29 bits per heavy atom. The maximum absolute atomic E-state index is 10.9. The Labute approximate surface area is 99.7 Å². The Bertz CT molecular complexity index is 688. The standard InChI is InChI=1S/C11H7N3O2S/c15-11(16)9-3-6-1-2-8(14-10(6)17-9)7-4-12-13-5-7/h1-5H,(H,12,13)(H,15,16). The summed E-state index contributed by atoms with van der Waals surface area (Å²) in [5.74, 6) is -0.919. The molecule has 6 heteroatoms. The number of H-pyrrole nitrogens is 1. The van der Waals surface area contributed by atoms with Crippen molar-refractivity contribution in [2.75, 3.05) is 0 Å². The van der Waals surface area contributed by atoms with E-state index in [0.29, 0.717) is 4.88 Å². The van der Waals surface area contributed by atoms with Gasteiger partial charge in [-0.05, 0) is 18.2 Å². The monoisotopic (exact) mass is 245 g/mol. The predicted molar refractivity (Wildman–Crippen MR) is 64.2 cm³/mol. The first kappa shape index (κ1) is 9.98. The van der Waals surface area contributed by atoms with Crippen molar-refractivity contribution in [2.24, 2.45) is 0 Å². The van der Waals surface area contributed by atoms with Crippen LogP contribution in [0.1, 0.15) is 9.67 Å². The summed E-state index contributed by atoms with van der Waals surface area (Å²) in [4.78, 5) is 16.3. The highest BCUT2D eigenvalue weighted by Gasteiger charge is 2.10. The minimum absolute atomic E-state index is 0.303. The normalized spacial score (nSPS) is 10.8. The van der Waals surface area contributed by atoms with Crippen LogP contribution in [-0.4, -0.2) is 26.3 Å². The summed E-state index contributed by atoms with van der Waals surface area (Å²) in [6.45, 7) is 0. The van der Waals surface area contributed by atoms with Gasteiger partial charge in [0.25, 0.3) is 0 Å².